The highest BCUT2D eigenvalue weighted by atomic mass is 19.4. The van der Waals surface area contributed by atoms with E-state index in [9.17, 15) is 27.6 Å². The van der Waals surface area contributed by atoms with Crippen LogP contribution in [0.3, 0.4) is 0 Å². The minimum atomic E-state index is -4.18. The number of nitrogens with one attached hydrogen (secondary N) is 2. The zero-order valence-electron chi connectivity index (χ0n) is 18.7. The summed E-state index contributed by atoms with van der Waals surface area (Å²) in [5.41, 5.74) is 2.47. The minimum absolute atomic E-state index is 0.0333. The maximum absolute atomic E-state index is 12.9. The molecule has 6 nitrogen and oxygen atoms in total. The van der Waals surface area contributed by atoms with Gasteiger partial charge in [0.1, 0.15) is 6.04 Å². The van der Waals surface area contributed by atoms with E-state index in [1.165, 1.54) is 4.90 Å². The Morgan fingerprint density at radius 2 is 1.91 bits per heavy atom. The Hall–Kier alpha value is -2.42. The molecule has 2 N–H and O–H groups in total. The van der Waals surface area contributed by atoms with Crippen LogP contribution in [-0.2, 0) is 22.6 Å². The fourth-order valence-electron chi connectivity index (χ4n) is 5.50. The maximum Gasteiger partial charge on any atom is 0.390 e. The number of hydrogen-bond acceptors (Lipinski definition) is 4. The van der Waals surface area contributed by atoms with Crippen molar-refractivity contribution in [1.82, 2.24) is 15.5 Å². The van der Waals surface area contributed by atoms with Crippen molar-refractivity contribution in [2.45, 2.75) is 89.1 Å². The quantitative estimate of drug-likeness (QED) is 0.631. The first-order valence-electron chi connectivity index (χ1n) is 11.7. The van der Waals surface area contributed by atoms with E-state index in [-0.39, 0.29) is 30.2 Å². The summed E-state index contributed by atoms with van der Waals surface area (Å²) in [4.78, 5) is 38.1. The van der Waals surface area contributed by atoms with Crippen LogP contribution in [0, 0.1) is 5.92 Å². The van der Waals surface area contributed by atoms with Crippen LogP contribution in [0.5, 0.6) is 0 Å². The van der Waals surface area contributed by atoms with Gasteiger partial charge < -0.3 is 10.2 Å². The Morgan fingerprint density at radius 3 is 2.64 bits per heavy atom. The van der Waals surface area contributed by atoms with Crippen LogP contribution in [0.25, 0.3) is 0 Å². The normalized spacial score (nSPS) is 26.8. The number of hydrogen-bond donors (Lipinski definition) is 2. The van der Waals surface area contributed by atoms with Crippen LogP contribution in [-0.4, -0.2) is 46.9 Å². The molecule has 3 amide bonds. The third kappa shape index (κ3) is 5.57. The first-order chi connectivity index (χ1) is 15.6. The highest BCUT2D eigenvalue weighted by Gasteiger charge is 2.39. The monoisotopic (exact) mass is 465 g/mol. The molecule has 4 atom stereocenters. The van der Waals surface area contributed by atoms with Gasteiger partial charge in [-0.15, -0.1) is 0 Å². The standard InChI is InChI=1S/C24H30F3N3O3/c1-14(12-24(25,26)27)28-19-5-3-2-4-16(19)10-15-6-7-18-17(11-15)13-30(23(18)33)20-8-9-21(31)29-22(20)32/h6-7,11,14,16,19-20,28H,2-5,8-10,12-13H2,1H3,(H,29,31,32)/t14-,16-,19+,20?/m1/s1. The molecular formula is C24H30F3N3O3. The molecular weight excluding hydrogens is 435 g/mol. The highest BCUT2D eigenvalue weighted by Crippen LogP contribution is 2.32. The molecule has 2 fully saturated rings. The molecule has 1 unspecified atom stereocenters. The molecule has 1 saturated carbocycles. The van der Waals surface area contributed by atoms with Gasteiger partial charge in [-0.25, -0.2) is 0 Å². The Morgan fingerprint density at radius 1 is 1.15 bits per heavy atom. The number of piperidine rings is 1. The Bertz CT molecular complexity index is 933. The lowest BCUT2D eigenvalue weighted by Gasteiger charge is -2.35. The molecule has 3 aliphatic rings. The van der Waals surface area contributed by atoms with E-state index < -0.39 is 30.6 Å². The fraction of sp³-hybridized carbons (Fsp3) is 0.625. The molecule has 2 aliphatic heterocycles. The van der Waals surface area contributed by atoms with Crippen molar-refractivity contribution < 1.29 is 27.6 Å². The number of rotatable bonds is 6. The van der Waals surface area contributed by atoms with Gasteiger partial charge in [0, 0.05) is 30.6 Å². The number of alkyl halides is 3. The van der Waals surface area contributed by atoms with Crippen LogP contribution in [0.4, 0.5) is 13.2 Å². The molecule has 0 aromatic heterocycles. The molecule has 0 bridgehead atoms. The van der Waals surface area contributed by atoms with E-state index in [1.807, 2.05) is 12.1 Å². The molecule has 1 aromatic carbocycles. The predicted molar refractivity (Wildman–Crippen MR) is 115 cm³/mol. The SMILES string of the molecule is C[C@H](CC(F)(F)F)N[C@H]1CCCC[C@@H]1Cc1ccc2c(c1)CN(C1CCC(=O)NC1=O)C2=O. The first-order valence-corrected chi connectivity index (χ1v) is 11.7. The predicted octanol–water partition coefficient (Wildman–Crippen LogP) is 3.48. The van der Waals surface area contributed by atoms with Crippen LogP contribution in [0.2, 0.25) is 0 Å². The molecule has 1 aromatic rings. The van der Waals surface area contributed by atoms with Gasteiger partial charge in [0.05, 0.1) is 6.42 Å². The van der Waals surface area contributed by atoms with E-state index in [0.717, 1.165) is 43.2 Å². The molecule has 180 valence electrons. The smallest absolute Gasteiger partial charge is 0.322 e. The second kappa shape index (κ2) is 9.44. The molecule has 1 aliphatic carbocycles. The van der Waals surface area contributed by atoms with Crippen molar-refractivity contribution in [3.8, 4) is 0 Å². The lowest BCUT2D eigenvalue weighted by molar-refractivity contribution is -0.140. The Balaban J connectivity index is 1.42. The highest BCUT2D eigenvalue weighted by molar-refractivity contribution is 6.05. The van der Waals surface area contributed by atoms with Crippen LogP contribution in [0.1, 0.15) is 73.4 Å². The molecule has 0 spiro atoms. The topological polar surface area (TPSA) is 78.5 Å². The summed E-state index contributed by atoms with van der Waals surface area (Å²) in [6.45, 7) is 1.91. The number of halogens is 3. The van der Waals surface area contributed by atoms with Gasteiger partial charge in [-0.2, -0.15) is 13.2 Å². The minimum Gasteiger partial charge on any atom is -0.322 e. The second-order valence-electron chi connectivity index (χ2n) is 9.63. The molecule has 4 rings (SSSR count). The molecule has 9 heteroatoms. The molecule has 2 heterocycles. The van der Waals surface area contributed by atoms with Crippen molar-refractivity contribution in [2.24, 2.45) is 5.92 Å². The largest absolute Gasteiger partial charge is 0.390 e. The number of benzene rings is 1. The summed E-state index contributed by atoms with van der Waals surface area (Å²) in [6, 6.07) is 4.45. The summed E-state index contributed by atoms with van der Waals surface area (Å²) < 4.78 is 38.3. The average molecular weight is 466 g/mol. The summed E-state index contributed by atoms with van der Waals surface area (Å²) in [6.07, 6.45) is 0.124. The third-order valence-corrected chi connectivity index (χ3v) is 7.03. The van der Waals surface area contributed by atoms with Crippen LogP contribution >= 0.6 is 0 Å². The van der Waals surface area contributed by atoms with Crippen molar-refractivity contribution in [1.29, 1.82) is 0 Å². The Kier molecular flexibility index (Phi) is 6.79. The van der Waals surface area contributed by atoms with Crippen LogP contribution in [0.15, 0.2) is 18.2 Å². The van der Waals surface area contributed by atoms with Crippen molar-refractivity contribution >= 4 is 17.7 Å². The molecule has 0 radical (unpaired) electrons. The van der Waals surface area contributed by atoms with Gasteiger partial charge >= 0.3 is 6.18 Å². The lowest BCUT2D eigenvalue weighted by Crippen LogP contribution is -2.52. The third-order valence-electron chi connectivity index (χ3n) is 7.03. The van der Waals surface area contributed by atoms with E-state index in [0.29, 0.717) is 18.5 Å². The Labute approximate surface area is 191 Å². The van der Waals surface area contributed by atoms with Crippen molar-refractivity contribution in [3.05, 3.63) is 34.9 Å². The zero-order chi connectivity index (χ0) is 23.8. The van der Waals surface area contributed by atoms with Crippen LogP contribution < -0.4 is 10.6 Å². The number of carbonyl (C=O) groups excluding carboxylic acids is 3. The van der Waals surface area contributed by atoms with Gasteiger partial charge in [0.15, 0.2) is 0 Å². The molecule has 33 heavy (non-hydrogen) atoms. The van der Waals surface area contributed by atoms with Crippen molar-refractivity contribution in [3.63, 3.8) is 0 Å². The maximum atomic E-state index is 12.9. The van der Waals surface area contributed by atoms with E-state index in [2.05, 4.69) is 10.6 Å². The van der Waals surface area contributed by atoms with Gasteiger partial charge in [0.2, 0.25) is 11.8 Å². The van der Waals surface area contributed by atoms with E-state index in [4.69, 9.17) is 0 Å². The summed E-state index contributed by atoms with van der Waals surface area (Å²) in [5.74, 6) is -0.723. The number of fused-ring (bicyclic) bond motifs is 1. The number of amides is 3. The van der Waals surface area contributed by atoms with Crippen molar-refractivity contribution in [2.75, 3.05) is 0 Å². The number of carbonyl (C=O) groups is 3. The van der Waals surface area contributed by atoms with Gasteiger partial charge in [-0.1, -0.05) is 25.0 Å². The zero-order valence-corrected chi connectivity index (χ0v) is 18.7. The number of nitrogens with zero attached hydrogens (tertiary/aromatic N) is 1. The van der Waals surface area contributed by atoms with Gasteiger partial charge in [0.25, 0.3) is 5.91 Å². The summed E-state index contributed by atoms with van der Waals surface area (Å²) in [7, 11) is 0. The summed E-state index contributed by atoms with van der Waals surface area (Å²) in [5, 5.41) is 5.51. The first kappa shape index (κ1) is 23.7. The van der Waals surface area contributed by atoms with E-state index in [1.54, 1.807) is 13.0 Å². The lowest BCUT2D eigenvalue weighted by atomic mass is 9.80. The number of imide groups is 1. The fourth-order valence-corrected chi connectivity index (χ4v) is 5.50. The van der Waals surface area contributed by atoms with Gasteiger partial charge in [-0.05, 0) is 55.7 Å². The van der Waals surface area contributed by atoms with E-state index >= 15 is 0 Å². The average Bonchev–Trinajstić information content (AvgIpc) is 3.04. The molecule has 1 saturated heterocycles. The van der Waals surface area contributed by atoms with Gasteiger partial charge in [-0.3, -0.25) is 19.7 Å². The second-order valence-corrected chi connectivity index (χ2v) is 9.63. The summed E-state index contributed by atoms with van der Waals surface area (Å²) >= 11 is 0.